The summed E-state index contributed by atoms with van der Waals surface area (Å²) < 4.78 is 13.0. The first kappa shape index (κ1) is 13.4. The van der Waals surface area contributed by atoms with Crippen molar-refractivity contribution < 1.29 is 9.18 Å². The first-order valence-corrected chi connectivity index (χ1v) is 6.59. The second kappa shape index (κ2) is 5.41. The number of nitrogens with one attached hydrogen (secondary N) is 1. The molecule has 0 atom stereocenters. The van der Waals surface area contributed by atoms with E-state index in [1.165, 1.54) is 29.2 Å². The van der Waals surface area contributed by atoms with Gasteiger partial charge in [-0.1, -0.05) is 0 Å². The molecule has 0 bridgehead atoms. The topological polar surface area (TPSA) is 45.2 Å². The number of aromatic nitrogens is 1. The maximum absolute atomic E-state index is 13.0. The summed E-state index contributed by atoms with van der Waals surface area (Å²) in [5.41, 5.74) is 1.73. The molecule has 21 heavy (non-hydrogen) atoms. The number of carbonyl (C=O) groups is 1. The van der Waals surface area contributed by atoms with E-state index < -0.39 is 0 Å². The number of carbonyl (C=O) groups excluding carboxylic acids is 1. The monoisotopic (exact) mass is 299 g/mol. The SMILES string of the molecule is O=C1/C(=C\c2ccncc2)NC(=S)N1c1ccc(F)cc1. The van der Waals surface area contributed by atoms with E-state index >= 15 is 0 Å². The van der Waals surface area contributed by atoms with E-state index in [0.717, 1.165) is 5.56 Å². The smallest absolute Gasteiger partial charge is 0.281 e. The fraction of sp³-hybridized carbons (Fsp3) is 0. The number of hydrogen-bond acceptors (Lipinski definition) is 3. The standard InChI is InChI=1S/C15H10FN3OS/c16-11-1-3-12(4-2-11)19-14(20)13(18-15(19)21)9-10-5-7-17-8-6-10/h1-9H,(H,18,21)/b13-9+. The van der Waals surface area contributed by atoms with E-state index in [-0.39, 0.29) is 16.8 Å². The van der Waals surface area contributed by atoms with Crippen LogP contribution in [0.2, 0.25) is 0 Å². The van der Waals surface area contributed by atoms with Crippen LogP contribution in [-0.2, 0) is 4.79 Å². The summed E-state index contributed by atoms with van der Waals surface area (Å²) in [5, 5.41) is 3.14. The normalized spacial score (nSPS) is 16.4. The zero-order valence-corrected chi connectivity index (χ0v) is 11.6. The van der Waals surface area contributed by atoms with Crippen LogP contribution in [0.15, 0.2) is 54.5 Å². The molecule has 1 aromatic carbocycles. The summed E-state index contributed by atoms with van der Waals surface area (Å²) in [5.74, 6) is -0.639. The number of benzene rings is 1. The zero-order valence-electron chi connectivity index (χ0n) is 10.8. The molecular formula is C15H10FN3OS. The molecule has 104 valence electrons. The minimum Gasteiger partial charge on any atom is -0.327 e. The summed E-state index contributed by atoms with van der Waals surface area (Å²) in [7, 11) is 0. The van der Waals surface area contributed by atoms with Gasteiger partial charge in [0.1, 0.15) is 11.5 Å². The Balaban J connectivity index is 1.92. The number of anilines is 1. The Morgan fingerprint density at radius 3 is 2.48 bits per heavy atom. The average Bonchev–Trinajstić information content (AvgIpc) is 2.76. The van der Waals surface area contributed by atoms with Crippen molar-refractivity contribution in [3.63, 3.8) is 0 Å². The minimum absolute atomic E-state index is 0.270. The number of thiocarbonyl (C=S) groups is 1. The summed E-state index contributed by atoms with van der Waals surface area (Å²) in [6, 6.07) is 9.16. The second-order valence-electron chi connectivity index (χ2n) is 4.39. The van der Waals surface area contributed by atoms with Crippen LogP contribution in [0.1, 0.15) is 5.56 Å². The van der Waals surface area contributed by atoms with Crippen molar-refractivity contribution in [3.8, 4) is 0 Å². The lowest BCUT2D eigenvalue weighted by Gasteiger charge is -2.13. The van der Waals surface area contributed by atoms with Crippen LogP contribution in [0.5, 0.6) is 0 Å². The minimum atomic E-state index is -0.364. The number of halogens is 1. The summed E-state index contributed by atoms with van der Waals surface area (Å²) in [6.07, 6.45) is 4.98. The predicted molar refractivity (Wildman–Crippen MR) is 81.8 cm³/mol. The van der Waals surface area contributed by atoms with Crippen LogP contribution in [0, 0.1) is 5.82 Å². The largest absolute Gasteiger partial charge is 0.327 e. The fourth-order valence-electron chi connectivity index (χ4n) is 1.99. The van der Waals surface area contributed by atoms with Crippen molar-refractivity contribution in [3.05, 3.63) is 65.9 Å². The highest BCUT2D eigenvalue weighted by Crippen LogP contribution is 2.22. The molecule has 0 spiro atoms. The van der Waals surface area contributed by atoms with Crippen molar-refractivity contribution in [1.82, 2.24) is 10.3 Å². The Kier molecular flexibility index (Phi) is 3.45. The maximum Gasteiger partial charge on any atom is 0.281 e. The Labute approximate surface area is 125 Å². The van der Waals surface area contributed by atoms with E-state index in [1.807, 2.05) is 0 Å². The van der Waals surface area contributed by atoms with Crippen molar-refractivity contribution in [2.45, 2.75) is 0 Å². The van der Waals surface area contributed by atoms with Gasteiger partial charge in [0, 0.05) is 12.4 Å². The number of pyridine rings is 1. The van der Waals surface area contributed by atoms with Gasteiger partial charge < -0.3 is 5.32 Å². The molecule has 1 amide bonds. The van der Waals surface area contributed by atoms with Crippen molar-refractivity contribution >= 4 is 35.0 Å². The number of amides is 1. The van der Waals surface area contributed by atoms with Gasteiger partial charge >= 0.3 is 0 Å². The predicted octanol–water partition coefficient (Wildman–Crippen LogP) is 2.48. The van der Waals surface area contributed by atoms with Crippen LogP contribution in [0.3, 0.4) is 0 Å². The van der Waals surface area contributed by atoms with E-state index in [1.54, 1.807) is 30.6 Å². The van der Waals surface area contributed by atoms with Gasteiger partial charge in [-0.15, -0.1) is 0 Å². The van der Waals surface area contributed by atoms with E-state index in [9.17, 15) is 9.18 Å². The summed E-state index contributed by atoms with van der Waals surface area (Å²) >= 11 is 5.17. The Bertz CT molecular complexity index is 728. The van der Waals surface area contributed by atoms with Gasteiger partial charge in [-0.25, -0.2) is 4.39 Å². The van der Waals surface area contributed by atoms with E-state index in [2.05, 4.69) is 10.3 Å². The van der Waals surface area contributed by atoms with E-state index in [0.29, 0.717) is 11.4 Å². The third-order valence-corrected chi connectivity index (χ3v) is 3.26. The van der Waals surface area contributed by atoms with Gasteiger partial charge in [0.2, 0.25) is 0 Å². The number of hydrogen-bond donors (Lipinski definition) is 1. The molecule has 1 N–H and O–H groups in total. The number of nitrogens with zero attached hydrogens (tertiary/aromatic N) is 2. The summed E-state index contributed by atoms with van der Waals surface area (Å²) in [6.45, 7) is 0. The number of rotatable bonds is 2. The Hall–Kier alpha value is -2.60. The molecule has 0 radical (unpaired) electrons. The molecular weight excluding hydrogens is 289 g/mol. The van der Waals surface area contributed by atoms with Crippen LogP contribution in [0.25, 0.3) is 6.08 Å². The zero-order chi connectivity index (χ0) is 14.8. The summed E-state index contributed by atoms with van der Waals surface area (Å²) in [4.78, 5) is 17.7. The first-order chi connectivity index (χ1) is 10.1. The molecule has 0 unspecified atom stereocenters. The first-order valence-electron chi connectivity index (χ1n) is 6.18. The van der Waals surface area contributed by atoms with Gasteiger partial charge in [-0.3, -0.25) is 14.7 Å². The van der Waals surface area contributed by atoms with Crippen LogP contribution in [-0.4, -0.2) is 16.0 Å². The van der Waals surface area contributed by atoms with Gasteiger partial charge in [0.25, 0.3) is 5.91 Å². The quantitative estimate of drug-likeness (QED) is 0.683. The van der Waals surface area contributed by atoms with Crippen LogP contribution >= 0.6 is 12.2 Å². The lowest BCUT2D eigenvalue weighted by molar-refractivity contribution is -0.113. The molecule has 2 heterocycles. The second-order valence-corrected chi connectivity index (χ2v) is 4.77. The molecule has 3 rings (SSSR count). The molecule has 4 nitrogen and oxygen atoms in total. The Morgan fingerprint density at radius 1 is 1.14 bits per heavy atom. The highest BCUT2D eigenvalue weighted by atomic mass is 32.1. The highest BCUT2D eigenvalue weighted by molar-refractivity contribution is 7.80. The van der Waals surface area contributed by atoms with Gasteiger partial charge in [0.05, 0.1) is 5.69 Å². The molecule has 2 aromatic rings. The van der Waals surface area contributed by atoms with Crippen molar-refractivity contribution in [2.24, 2.45) is 0 Å². The molecule has 0 saturated carbocycles. The van der Waals surface area contributed by atoms with Gasteiger partial charge in [-0.05, 0) is 60.3 Å². The maximum atomic E-state index is 13.0. The van der Waals surface area contributed by atoms with E-state index in [4.69, 9.17) is 12.2 Å². The molecule has 1 aliphatic rings. The third kappa shape index (κ3) is 2.66. The molecule has 6 heteroatoms. The van der Waals surface area contributed by atoms with Gasteiger partial charge in [0.15, 0.2) is 5.11 Å². The van der Waals surface area contributed by atoms with Crippen LogP contribution < -0.4 is 10.2 Å². The van der Waals surface area contributed by atoms with Crippen molar-refractivity contribution in [2.75, 3.05) is 4.90 Å². The highest BCUT2D eigenvalue weighted by Gasteiger charge is 2.31. The molecule has 1 saturated heterocycles. The molecule has 1 fully saturated rings. The molecule has 1 aromatic heterocycles. The lowest BCUT2D eigenvalue weighted by Crippen LogP contribution is -2.30. The third-order valence-electron chi connectivity index (χ3n) is 2.98. The van der Waals surface area contributed by atoms with Crippen LogP contribution in [0.4, 0.5) is 10.1 Å². The Morgan fingerprint density at radius 2 is 1.81 bits per heavy atom. The molecule has 1 aliphatic heterocycles. The van der Waals surface area contributed by atoms with Gasteiger partial charge in [-0.2, -0.15) is 0 Å². The van der Waals surface area contributed by atoms with Crippen molar-refractivity contribution in [1.29, 1.82) is 0 Å². The average molecular weight is 299 g/mol. The molecule has 0 aliphatic carbocycles. The fourth-order valence-corrected chi connectivity index (χ4v) is 2.28. The lowest BCUT2D eigenvalue weighted by atomic mass is 10.2.